The van der Waals surface area contributed by atoms with Crippen LogP contribution in [0.1, 0.15) is 5.69 Å². The van der Waals surface area contributed by atoms with Crippen LogP contribution in [0.5, 0.6) is 5.75 Å². The van der Waals surface area contributed by atoms with Crippen LogP contribution in [0.3, 0.4) is 0 Å². The van der Waals surface area contributed by atoms with E-state index >= 15 is 0 Å². The molecule has 1 aliphatic heterocycles. The molecule has 3 heteroatoms. The molecule has 0 fully saturated rings. The Labute approximate surface area is 81.9 Å². The molecule has 0 amide bonds. The van der Waals surface area contributed by atoms with Crippen molar-refractivity contribution >= 4 is 0 Å². The van der Waals surface area contributed by atoms with Crippen LogP contribution >= 0.6 is 0 Å². The van der Waals surface area contributed by atoms with Crippen molar-refractivity contribution in [3.8, 4) is 17.0 Å². The van der Waals surface area contributed by atoms with Gasteiger partial charge in [0.15, 0.2) is 6.73 Å². The highest BCUT2D eigenvalue weighted by Crippen LogP contribution is 2.33. The van der Waals surface area contributed by atoms with Crippen LogP contribution in [0.15, 0.2) is 30.3 Å². The Morgan fingerprint density at radius 1 is 1.36 bits per heavy atom. The molecule has 0 aliphatic carbocycles. The third kappa shape index (κ3) is 0.954. The highest BCUT2D eigenvalue weighted by atomic mass is 16.5. The summed E-state index contributed by atoms with van der Waals surface area (Å²) >= 11 is 0. The topological polar surface area (TPSA) is 27.1 Å². The van der Waals surface area contributed by atoms with Crippen LogP contribution in [-0.2, 0) is 6.73 Å². The molecule has 0 atom stereocenters. The van der Waals surface area contributed by atoms with E-state index in [0.717, 1.165) is 22.7 Å². The van der Waals surface area contributed by atoms with E-state index in [2.05, 4.69) is 17.2 Å². The number of ether oxygens (including phenoxy) is 1. The van der Waals surface area contributed by atoms with Crippen molar-refractivity contribution in [3.05, 3.63) is 36.0 Å². The molecule has 0 N–H and O–H groups in total. The van der Waals surface area contributed by atoms with E-state index in [1.54, 1.807) is 0 Å². The van der Waals surface area contributed by atoms with Crippen LogP contribution in [0.4, 0.5) is 0 Å². The molecular weight excluding hydrogens is 176 g/mol. The largest absolute Gasteiger partial charge is 0.471 e. The van der Waals surface area contributed by atoms with Crippen molar-refractivity contribution < 1.29 is 4.74 Å². The highest BCUT2D eigenvalue weighted by Gasteiger charge is 2.17. The number of benzene rings is 1. The fourth-order valence-corrected chi connectivity index (χ4v) is 1.80. The molecular formula is C11H10N2O. The van der Waals surface area contributed by atoms with Gasteiger partial charge in [-0.3, -0.25) is 0 Å². The lowest BCUT2D eigenvalue weighted by Gasteiger charge is -2.18. The highest BCUT2D eigenvalue weighted by molar-refractivity contribution is 5.68. The Morgan fingerprint density at radius 3 is 3.14 bits per heavy atom. The normalized spacial score (nSPS) is 12.9. The number of aromatic nitrogens is 2. The second-order valence-corrected chi connectivity index (χ2v) is 3.44. The van der Waals surface area contributed by atoms with Crippen molar-refractivity contribution in [3.63, 3.8) is 0 Å². The van der Waals surface area contributed by atoms with E-state index in [4.69, 9.17) is 4.74 Å². The van der Waals surface area contributed by atoms with E-state index in [1.165, 1.54) is 0 Å². The summed E-state index contributed by atoms with van der Waals surface area (Å²) in [6.45, 7) is 2.51. The van der Waals surface area contributed by atoms with Gasteiger partial charge in [-0.05, 0) is 25.1 Å². The Morgan fingerprint density at radius 2 is 2.21 bits per heavy atom. The molecule has 0 radical (unpaired) electrons. The third-order valence-electron chi connectivity index (χ3n) is 2.41. The SMILES string of the molecule is Cc1cc2n(n1)COc1ccccc1-2. The first-order valence-corrected chi connectivity index (χ1v) is 4.61. The zero-order chi connectivity index (χ0) is 9.54. The van der Waals surface area contributed by atoms with Gasteiger partial charge in [-0.25, -0.2) is 4.68 Å². The standard InChI is InChI=1S/C11H10N2O/c1-8-6-10-9-4-2-3-5-11(9)14-7-13(10)12-8/h2-6H,7H2,1H3. The van der Waals surface area contributed by atoms with E-state index in [9.17, 15) is 0 Å². The molecule has 3 rings (SSSR count). The molecule has 1 aliphatic rings. The van der Waals surface area contributed by atoms with Gasteiger partial charge in [0.1, 0.15) is 5.75 Å². The summed E-state index contributed by atoms with van der Waals surface area (Å²) in [5, 5.41) is 4.34. The molecule has 0 spiro atoms. The Hall–Kier alpha value is -1.77. The summed E-state index contributed by atoms with van der Waals surface area (Å²) in [5.74, 6) is 0.944. The van der Waals surface area contributed by atoms with Gasteiger partial charge >= 0.3 is 0 Å². The van der Waals surface area contributed by atoms with Crippen molar-refractivity contribution in [2.45, 2.75) is 13.7 Å². The lowest BCUT2D eigenvalue weighted by atomic mass is 10.1. The van der Waals surface area contributed by atoms with Gasteiger partial charge < -0.3 is 4.74 Å². The fourth-order valence-electron chi connectivity index (χ4n) is 1.80. The monoisotopic (exact) mass is 186 g/mol. The van der Waals surface area contributed by atoms with Gasteiger partial charge in [-0.15, -0.1) is 0 Å². The first kappa shape index (κ1) is 7.62. The average molecular weight is 186 g/mol. The van der Waals surface area contributed by atoms with E-state index in [0.29, 0.717) is 6.73 Å². The molecule has 2 heterocycles. The zero-order valence-electron chi connectivity index (χ0n) is 7.90. The maximum Gasteiger partial charge on any atom is 0.181 e. The zero-order valence-corrected chi connectivity index (χ0v) is 7.90. The number of para-hydroxylation sites is 1. The van der Waals surface area contributed by atoms with E-state index in [1.807, 2.05) is 29.8 Å². The van der Waals surface area contributed by atoms with Crippen molar-refractivity contribution in [1.29, 1.82) is 0 Å². The maximum absolute atomic E-state index is 5.56. The lowest BCUT2D eigenvalue weighted by Crippen LogP contribution is -2.13. The van der Waals surface area contributed by atoms with Crippen LogP contribution in [-0.4, -0.2) is 9.78 Å². The Bertz CT molecular complexity index is 488. The number of hydrogen-bond donors (Lipinski definition) is 0. The summed E-state index contributed by atoms with van der Waals surface area (Å²) in [6.07, 6.45) is 0. The van der Waals surface area contributed by atoms with E-state index in [-0.39, 0.29) is 0 Å². The smallest absolute Gasteiger partial charge is 0.181 e. The fraction of sp³-hybridized carbons (Fsp3) is 0.182. The van der Waals surface area contributed by atoms with Crippen molar-refractivity contribution in [2.24, 2.45) is 0 Å². The predicted molar refractivity (Wildman–Crippen MR) is 53.0 cm³/mol. The molecule has 0 bridgehead atoms. The minimum atomic E-state index is 0.514. The summed E-state index contributed by atoms with van der Waals surface area (Å²) in [5.41, 5.74) is 3.30. The molecule has 2 aromatic rings. The van der Waals surface area contributed by atoms with Gasteiger partial charge in [0, 0.05) is 5.56 Å². The van der Waals surface area contributed by atoms with Gasteiger partial charge in [-0.2, -0.15) is 5.10 Å². The summed E-state index contributed by atoms with van der Waals surface area (Å²) < 4.78 is 7.45. The number of fused-ring (bicyclic) bond motifs is 3. The summed E-state index contributed by atoms with van der Waals surface area (Å²) in [7, 11) is 0. The van der Waals surface area contributed by atoms with Gasteiger partial charge in [0.05, 0.1) is 11.4 Å². The molecule has 1 aromatic carbocycles. The van der Waals surface area contributed by atoms with E-state index < -0.39 is 0 Å². The minimum absolute atomic E-state index is 0.514. The van der Waals surface area contributed by atoms with Crippen molar-refractivity contribution in [1.82, 2.24) is 9.78 Å². The minimum Gasteiger partial charge on any atom is -0.471 e. The maximum atomic E-state index is 5.56. The van der Waals surface area contributed by atoms with Crippen LogP contribution in [0.2, 0.25) is 0 Å². The Balaban J connectivity index is 2.28. The van der Waals surface area contributed by atoms with Crippen molar-refractivity contribution in [2.75, 3.05) is 0 Å². The van der Waals surface area contributed by atoms with Gasteiger partial charge in [0.25, 0.3) is 0 Å². The second kappa shape index (κ2) is 2.61. The Kier molecular flexibility index (Phi) is 1.42. The number of nitrogens with zero attached hydrogens (tertiary/aromatic N) is 2. The number of hydrogen-bond acceptors (Lipinski definition) is 2. The quantitative estimate of drug-likeness (QED) is 0.630. The summed E-state index contributed by atoms with van der Waals surface area (Å²) in [4.78, 5) is 0. The van der Waals surface area contributed by atoms with Crippen LogP contribution in [0.25, 0.3) is 11.3 Å². The molecule has 0 saturated heterocycles. The first-order valence-electron chi connectivity index (χ1n) is 4.61. The molecule has 1 aromatic heterocycles. The molecule has 14 heavy (non-hydrogen) atoms. The lowest BCUT2D eigenvalue weighted by molar-refractivity contribution is 0.214. The molecule has 70 valence electrons. The second-order valence-electron chi connectivity index (χ2n) is 3.44. The first-order chi connectivity index (χ1) is 6.84. The average Bonchev–Trinajstić information content (AvgIpc) is 2.59. The third-order valence-corrected chi connectivity index (χ3v) is 2.41. The molecule has 0 unspecified atom stereocenters. The predicted octanol–water partition coefficient (Wildman–Crippen LogP) is 2.21. The molecule has 0 saturated carbocycles. The number of rotatable bonds is 0. The molecule has 3 nitrogen and oxygen atoms in total. The van der Waals surface area contributed by atoms with Crippen LogP contribution < -0.4 is 4.74 Å². The van der Waals surface area contributed by atoms with Gasteiger partial charge in [0.2, 0.25) is 0 Å². The number of aryl methyl sites for hydroxylation is 1. The van der Waals surface area contributed by atoms with Gasteiger partial charge in [-0.1, -0.05) is 12.1 Å². The van der Waals surface area contributed by atoms with Crippen LogP contribution in [0, 0.1) is 6.92 Å². The summed E-state index contributed by atoms with van der Waals surface area (Å²) in [6, 6.07) is 10.1.